The van der Waals surface area contributed by atoms with Gasteiger partial charge < -0.3 is 9.64 Å². The summed E-state index contributed by atoms with van der Waals surface area (Å²) in [6, 6.07) is 8.48. The predicted molar refractivity (Wildman–Crippen MR) is 109 cm³/mol. The number of piperidine rings is 1. The molecule has 2 heterocycles. The van der Waals surface area contributed by atoms with Crippen LogP contribution in [-0.4, -0.2) is 50.8 Å². The van der Waals surface area contributed by atoms with Crippen LogP contribution in [-0.2, 0) is 19.6 Å². The van der Waals surface area contributed by atoms with E-state index >= 15 is 0 Å². The maximum atomic E-state index is 13.5. The van der Waals surface area contributed by atoms with Crippen molar-refractivity contribution in [1.29, 1.82) is 0 Å². The standard InChI is InChI=1S/C21H24N2O5S/c1-3-23-17-10-11-18(15-8-5-9-16(19(15)17)20(23)24)29(26,27)22-12-6-7-14(13-22)21(25)28-4-2/h5,8-11,14H,3-4,6-7,12-13H2,1-2H3/t14-/m1/s1. The Hall–Kier alpha value is -2.45. The number of hydrogen-bond donors (Lipinski definition) is 0. The number of sulfonamides is 1. The van der Waals surface area contributed by atoms with Crippen molar-refractivity contribution in [2.24, 2.45) is 5.92 Å². The molecule has 4 rings (SSSR count). The minimum Gasteiger partial charge on any atom is -0.466 e. The second kappa shape index (κ2) is 7.42. The van der Waals surface area contributed by atoms with Crippen LogP contribution in [0.5, 0.6) is 0 Å². The highest BCUT2D eigenvalue weighted by molar-refractivity contribution is 7.89. The normalized spacial score (nSPS) is 19.7. The average Bonchev–Trinajstić information content (AvgIpc) is 3.01. The van der Waals surface area contributed by atoms with Gasteiger partial charge in [-0.1, -0.05) is 12.1 Å². The molecule has 29 heavy (non-hydrogen) atoms. The summed E-state index contributed by atoms with van der Waals surface area (Å²) in [5.41, 5.74) is 1.27. The lowest BCUT2D eigenvalue weighted by Gasteiger charge is -2.31. The SMILES string of the molecule is CCOC(=O)[C@@H]1CCCN(S(=O)(=O)c2ccc3c4c(cccc24)C(=O)N3CC)C1. The molecule has 1 atom stereocenters. The van der Waals surface area contributed by atoms with Gasteiger partial charge in [0.1, 0.15) is 0 Å². The van der Waals surface area contributed by atoms with Gasteiger partial charge >= 0.3 is 5.97 Å². The molecule has 8 heteroatoms. The Labute approximate surface area is 170 Å². The van der Waals surface area contributed by atoms with Gasteiger partial charge in [-0.05, 0) is 44.9 Å². The number of ether oxygens (including phenoxy) is 1. The molecule has 0 spiro atoms. The lowest BCUT2D eigenvalue weighted by Crippen LogP contribution is -2.42. The van der Waals surface area contributed by atoms with E-state index in [0.717, 1.165) is 5.69 Å². The first-order chi connectivity index (χ1) is 13.9. The number of anilines is 1. The number of carbonyl (C=O) groups is 2. The molecule has 2 aliphatic heterocycles. The first-order valence-corrected chi connectivity index (χ1v) is 11.4. The number of benzene rings is 2. The zero-order chi connectivity index (χ0) is 20.8. The summed E-state index contributed by atoms with van der Waals surface area (Å²) < 4.78 is 33.4. The van der Waals surface area contributed by atoms with Crippen LogP contribution in [0.2, 0.25) is 0 Å². The van der Waals surface area contributed by atoms with Gasteiger partial charge in [0, 0.05) is 36.0 Å². The van der Waals surface area contributed by atoms with Crippen molar-refractivity contribution in [1.82, 2.24) is 4.31 Å². The molecule has 0 aliphatic carbocycles. The molecular weight excluding hydrogens is 392 g/mol. The highest BCUT2D eigenvalue weighted by Crippen LogP contribution is 2.41. The van der Waals surface area contributed by atoms with E-state index in [1.807, 2.05) is 6.92 Å². The largest absolute Gasteiger partial charge is 0.466 e. The van der Waals surface area contributed by atoms with Crippen molar-refractivity contribution in [3.05, 3.63) is 35.9 Å². The first kappa shape index (κ1) is 19.8. The van der Waals surface area contributed by atoms with Crippen molar-refractivity contribution in [3.8, 4) is 0 Å². The molecule has 0 unspecified atom stereocenters. The number of hydrogen-bond acceptors (Lipinski definition) is 5. The van der Waals surface area contributed by atoms with Crippen molar-refractivity contribution in [2.45, 2.75) is 31.6 Å². The van der Waals surface area contributed by atoms with E-state index < -0.39 is 15.9 Å². The zero-order valence-electron chi connectivity index (χ0n) is 16.6. The third-order valence-corrected chi connectivity index (χ3v) is 7.61. The molecule has 7 nitrogen and oxygen atoms in total. The monoisotopic (exact) mass is 416 g/mol. The third-order valence-electron chi connectivity index (χ3n) is 5.68. The third kappa shape index (κ3) is 3.11. The molecule has 2 aromatic carbocycles. The van der Waals surface area contributed by atoms with Crippen molar-refractivity contribution >= 4 is 38.4 Å². The fraction of sp³-hybridized carbons (Fsp3) is 0.429. The molecule has 1 fully saturated rings. The van der Waals surface area contributed by atoms with Gasteiger partial charge in [-0.25, -0.2) is 8.42 Å². The molecule has 0 bridgehead atoms. The zero-order valence-corrected chi connectivity index (χ0v) is 17.4. The second-order valence-electron chi connectivity index (χ2n) is 7.31. The van der Waals surface area contributed by atoms with Gasteiger partial charge in [0.25, 0.3) is 5.91 Å². The summed E-state index contributed by atoms with van der Waals surface area (Å²) in [5, 5.41) is 1.22. The predicted octanol–water partition coefficient (Wildman–Crippen LogP) is 2.78. The van der Waals surface area contributed by atoms with Crippen LogP contribution in [0.15, 0.2) is 35.2 Å². The first-order valence-electron chi connectivity index (χ1n) is 9.94. The van der Waals surface area contributed by atoms with Crippen LogP contribution >= 0.6 is 0 Å². The number of nitrogens with zero attached hydrogens (tertiary/aromatic N) is 2. The summed E-state index contributed by atoms with van der Waals surface area (Å²) in [4.78, 5) is 26.6. The van der Waals surface area contributed by atoms with Gasteiger partial charge in [-0.15, -0.1) is 0 Å². The van der Waals surface area contributed by atoms with E-state index in [2.05, 4.69) is 0 Å². The Bertz CT molecular complexity index is 1100. The van der Waals surface area contributed by atoms with E-state index in [-0.39, 0.29) is 29.9 Å². The van der Waals surface area contributed by atoms with Gasteiger partial charge in [0.05, 0.1) is 23.1 Å². The Kier molecular flexibility index (Phi) is 5.08. The lowest BCUT2D eigenvalue weighted by atomic mass is 10.0. The molecule has 0 radical (unpaired) electrons. The van der Waals surface area contributed by atoms with Gasteiger partial charge in [-0.2, -0.15) is 4.31 Å². The maximum Gasteiger partial charge on any atom is 0.310 e. The van der Waals surface area contributed by atoms with Crippen LogP contribution < -0.4 is 4.90 Å². The summed E-state index contributed by atoms with van der Waals surface area (Å²) in [6.45, 7) is 4.90. The summed E-state index contributed by atoms with van der Waals surface area (Å²) in [5.74, 6) is -0.910. The van der Waals surface area contributed by atoms with E-state index in [9.17, 15) is 18.0 Å². The minimum absolute atomic E-state index is 0.108. The molecule has 2 aliphatic rings. The van der Waals surface area contributed by atoms with Crippen molar-refractivity contribution in [3.63, 3.8) is 0 Å². The topological polar surface area (TPSA) is 84.0 Å². The molecule has 1 amide bonds. The second-order valence-corrected chi connectivity index (χ2v) is 9.22. The van der Waals surface area contributed by atoms with Gasteiger partial charge in [0.15, 0.2) is 0 Å². The van der Waals surface area contributed by atoms with E-state index in [1.54, 1.807) is 42.2 Å². The number of carbonyl (C=O) groups excluding carboxylic acids is 2. The Morgan fingerprint density at radius 1 is 1.21 bits per heavy atom. The van der Waals surface area contributed by atoms with Crippen LogP contribution in [0.3, 0.4) is 0 Å². The van der Waals surface area contributed by atoms with E-state index in [1.165, 1.54) is 4.31 Å². The van der Waals surface area contributed by atoms with Gasteiger partial charge in [0.2, 0.25) is 10.0 Å². The van der Waals surface area contributed by atoms with Crippen LogP contribution in [0.4, 0.5) is 5.69 Å². The Morgan fingerprint density at radius 2 is 2.00 bits per heavy atom. The fourth-order valence-corrected chi connectivity index (χ4v) is 6.02. The molecule has 0 aromatic heterocycles. The highest BCUT2D eigenvalue weighted by atomic mass is 32.2. The molecule has 1 saturated heterocycles. The quantitative estimate of drug-likeness (QED) is 0.700. The summed E-state index contributed by atoms with van der Waals surface area (Å²) in [6.07, 6.45) is 1.22. The van der Waals surface area contributed by atoms with E-state index in [4.69, 9.17) is 4.74 Å². The summed E-state index contributed by atoms with van der Waals surface area (Å²) >= 11 is 0. The minimum atomic E-state index is -3.82. The fourth-order valence-electron chi connectivity index (χ4n) is 4.31. The number of amides is 1. The smallest absolute Gasteiger partial charge is 0.310 e. The number of esters is 1. The highest BCUT2D eigenvalue weighted by Gasteiger charge is 2.37. The molecule has 2 aromatic rings. The van der Waals surface area contributed by atoms with Crippen LogP contribution in [0.25, 0.3) is 10.8 Å². The average molecular weight is 416 g/mol. The molecular formula is C21H24N2O5S. The van der Waals surface area contributed by atoms with E-state index in [0.29, 0.717) is 42.3 Å². The Balaban J connectivity index is 1.76. The van der Waals surface area contributed by atoms with Crippen LogP contribution in [0, 0.1) is 5.92 Å². The maximum absolute atomic E-state index is 13.5. The molecule has 154 valence electrons. The van der Waals surface area contributed by atoms with Crippen LogP contribution in [0.1, 0.15) is 37.0 Å². The lowest BCUT2D eigenvalue weighted by molar-refractivity contribution is -0.149. The van der Waals surface area contributed by atoms with Crippen molar-refractivity contribution < 1.29 is 22.7 Å². The van der Waals surface area contributed by atoms with Gasteiger partial charge in [-0.3, -0.25) is 9.59 Å². The Morgan fingerprint density at radius 3 is 2.72 bits per heavy atom. The van der Waals surface area contributed by atoms with Crippen molar-refractivity contribution in [2.75, 3.05) is 31.1 Å². The molecule has 0 saturated carbocycles. The summed E-state index contributed by atoms with van der Waals surface area (Å²) in [7, 11) is -3.82. The number of rotatable bonds is 5. The molecule has 0 N–H and O–H groups in total.